The molecule has 2 aromatic rings. The standard InChI is InChI=1S/C14H12Cl2FNO/c1-19-14-7-10(17)3-5-13(14)18-8-9-2-4-11(15)12(16)6-9/h2-7,18H,8H2,1H3. The van der Waals surface area contributed by atoms with Crippen LogP contribution in [0.1, 0.15) is 5.56 Å². The minimum atomic E-state index is -0.336. The molecule has 0 fully saturated rings. The second-order valence-corrected chi connectivity index (χ2v) is 4.76. The maximum atomic E-state index is 13.1. The summed E-state index contributed by atoms with van der Waals surface area (Å²) in [4.78, 5) is 0. The first-order chi connectivity index (χ1) is 9.10. The van der Waals surface area contributed by atoms with Gasteiger partial charge in [0.2, 0.25) is 0 Å². The molecule has 2 rings (SSSR count). The fourth-order valence-corrected chi connectivity index (χ4v) is 1.98. The summed E-state index contributed by atoms with van der Waals surface area (Å²) in [6, 6.07) is 9.73. The Balaban J connectivity index is 2.12. The normalized spacial score (nSPS) is 10.3. The number of hydrogen-bond donors (Lipinski definition) is 1. The van der Waals surface area contributed by atoms with Gasteiger partial charge in [-0.3, -0.25) is 0 Å². The molecule has 0 saturated carbocycles. The summed E-state index contributed by atoms with van der Waals surface area (Å²) in [5.41, 5.74) is 1.69. The summed E-state index contributed by atoms with van der Waals surface area (Å²) < 4.78 is 18.2. The van der Waals surface area contributed by atoms with Crippen LogP contribution >= 0.6 is 23.2 Å². The zero-order valence-corrected chi connectivity index (χ0v) is 11.7. The van der Waals surface area contributed by atoms with Gasteiger partial charge >= 0.3 is 0 Å². The van der Waals surface area contributed by atoms with E-state index in [0.717, 1.165) is 11.3 Å². The van der Waals surface area contributed by atoms with E-state index in [1.165, 1.54) is 19.2 Å². The monoisotopic (exact) mass is 299 g/mol. The summed E-state index contributed by atoms with van der Waals surface area (Å²) in [5, 5.41) is 4.19. The summed E-state index contributed by atoms with van der Waals surface area (Å²) in [6.45, 7) is 0.541. The molecule has 2 aromatic carbocycles. The van der Waals surface area contributed by atoms with E-state index < -0.39 is 0 Å². The molecule has 5 heteroatoms. The molecular formula is C14H12Cl2FNO. The van der Waals surface area contributed by atoms with Gasteiger partial charge in [0.15, 0.2) is 0 Å². The van der Waals surface area contributed by atoms with Crippen molar-refractivity contribution in [1.82, 2.24) is 0 Å². The molecule has 0 aliphatic heterocycles. The molecule has 0 saturated heterocycles. The van der Waals surface area contributed by atoms with Gasteiger partial charge < -0.3 is 10.1 Å². The molecule has 0 aliphatic rings. The molecule has 0 unspecified atom stereocenters. The van der Waals surface area contributed by atoms with E-state index >= 15 is 0 Å². The van der Waals surface area contributed by atoms with Gasteiger partial charge in [-0.15, -0.1) is 0 Å². The van der Waals surface area contributed by atoms with Crippen molar-refractivity contribution in [2.24, 2.45) is 0 Å². The molecule has 19 heavy (non-hydrogen) atoms. The number of nitrogens with one attached hydrogen (secondary N) is 1. The second kappa shape index (κ2) is 6.13. The fraction of sp³-hybridized carbons (Fsp3) is 0.143. The van der Waals surface area contributed by atoms with Crippen LogP contribution in [0.15, 0.2) is 36.4 Å². The number of methoxy groups -OCH3 is 1. The van der Waals surface area contributed by atoms with E-state index in [9.17, 15) is 4.39 Å². The van der Waals surface area contributed by atoms with E-state index in [0.29, 0.717) is 22.3 Å². The lowest BCUT2D eigenvalue weighted by molar-refractivity contribution is 0.413. The van der Waals surface area contributed by atoms with Crippen LogP contribution < -0.4 is 10.1 Å². The lowest BCUT2D eigenvalue weighted by Crippen LogP contribution is -2.01. The molecule has 0 radical (unpaired) electrons. The lowest BCUT2D eigenvalue weighted by Gasteiger charge is -2.11. The van der Waals surface area contributed by atoms with Gasteiger partial charge in [0, 0.05) is 12.6 Å². The maximum Gasteiger partial charge on any atom is 0.144 e. The Morgan fingerprint density at radius 2 is 1.89 bits per heavy atom. The highest BCUT2D eigenvalue weighted by molar-refractivity contribution is 6.42. The fourth-order valence-electron chi connectivity index (χ4n) is 1.66. The molecule has 0 atom stereocenters. The summed E-state index contributed by atoms with van der Waals surface area (Å²) in [6.07, 6.45) is 0. The van der Waals surface area contributed by atoms with Crippen LogP contribution in [0.3, 0.4) is 0 Å². The van der Waals surface area contributed by atoms with Gasteiger partial charge in [-0.2, -0.15) is 0 Å². The third kappa shape index (κ3) is 3.52. The Hall–Kier alpha value is -1.45. The first-order valence-corrected chi connectivity index (χ1v) is 6.37. The van der Waals surface area contributed by atoms with E-state index in [-0.39, 0.29) is 5.82 Å². The highest BCUT2D eigenvalue weighted by Crippen LogP contribution is 2.27. The topological polar surface area (TPSA) is 21.3 Å². The van der Waals surface area contributed by atoms with E-state index in [4.69, 9.17) is 27.9 Å². The smallest absolute Gasteiger partial charge is 0.144 e. The van der Waals surface area contributed by atoms with Crippen LogP contribution in [-0.2, 0) is 6.54 Å². The average molecular weight is 300 g/mol. The molecule has 1 N–H and O–H groups in total. The minimum absolute atomic E-state index is 0.336. The van der Waals surface area contributed by atoms with Gasteiger partial charge in [0.25, 0.3) is 0 Å². The molecule has 0 aromatic heterocycles. The molecule has 0 bridgehead atoms. The Labute approximate surface area is 121 Å². The van der Waals surface area contributed by atoms with Crippen molar-refractivity contribution in [3.63, 3.8) is 0 Å². The number of anilines is 1. The molecular weight excluding hydrogens is 288 g/mol. The third-order valence-corrected chi connectivity index (χ3v) is 3.37. The first-order valence-electron chi connectivity index (χ1n) is 5.61. The third-order valence-electron chi connectivity index (χ3n) is 2.63. The highest BCUT2D eigenvalue weighted by atomic mass is 35.5. The number of benzene rings is 2. The molecule has 0 amide bonds. The SMILES string of the molecule is COc1cc(F)ccc1NCc1ccc(Cl)c(Cl)c1. The van der Waals surface area contributed by atoms with Crippen molar-refractivity contribution < 1.29 is 9.13 Å². The van der Waals surface area contributed by atoms with E-state index in [1.807, 2.05) is 6.07 Å². The second-order valence-electron chi connectivity index (χ2n) is 3.95. The van der Waals surface area contributed by atoms with Crippen molar-refractivity contribution in [2.75, 3.05) is 12.4 Å². The highest BCUT2D eigenvalue weighted by Gasteiger charge is 2.05. The quantitative estimate of drug-likeness (QED) is 0.879. The van der Waals surface area contributed by atoms with Crippen LogP contribution in [0.2, 0.25) is 10.0 Å². The van der Waals surface area contributed by atoms with Crippen LogP contribution in [0.25, 0.3) is 0 Å². The van der Waals surface area contributed by atoms with Crippen molar-refractivity contribution in [1.29, 1.82) is 0 Å². The molecule has 0 spiro atoms. The van der Waals surface area contributed by atoms with Crippen molar-refractivity contribution in [3.8, 4) is 5.75 Å². The van der Waals surface area contributed by atoms with Gasteiger partial charge in [0.05, 0.1) is 22.8 Å². The van der Waals surface area contributed by atoms with E-state index in [1.54, 1.807) is 18.2 Å². The van der Waals surface area contributed by atoms with Gasteiger partial charge in [-0.1, -0.05) is 29.3 Å². The minimum Gasteiger partial charge on any atom is -0.494 e. The first kappa shape index (κ1) is 14.0. The van der Waals surface area contributed by atoms with E-state index in [2.05, 4.69) is 5.32 Å². The molecule has 0 aliphatic carbocycles. The van der Waals surface area contributed by atoms with Crippen LogP contribution in [-0.4, -0.2) is 7.11 Å². The lowest BCUT2D eigenvalue weighted by atomic mass is 10.2. The molecule has 0 heterocycles. The van der Waals surface area contributed by atoms with Crippen molar-refractivity contribution in [2.45, 2.75) is 6.54 Å². The average Bonchev–Trinajstić information content (AvgIpc) is 2.41. The predicted molar refractivity (Wildman–Crippen MR) is 76.7 cm³/mol. The number of ether oxygens (including phenoxy) is 1. The van der Waals surface area contributed by atoms with Crippen molar-refractivity contribution in [3.05, 3.63) is 57.8 Å². The zero-order valence-electron chi connectivity index (χ0n) is 10.2. The van der Waals surface area contributed by atoms with Gasteiger partial charge in [-0.05, 0) is 29.8 Å². The number of halogens is 3. The number of hydrogen-bond acceptors (Lipinski definition) is 2. The van der Waals surface area contributed by atoms with Crippen LogP contribution in [0.5, 0.6) is 5.75 Å². The molecule has 2 nitrogen and oxygen atoms in total. The van der Waals surface area contributed by atoms with Gasteiger partial charge in [0.1, 0.15) is 11.6 Å². The zero-order chi connectivity index (χ0) is 13.8. The van der Waals surface area contributed by atoms with Gasteiger partial charge in [-0.25, -0.2) is 4.39 Å². The Kier molecular flexibility index (Phi) is 4.51. The van der Waals surface area contributed by atoms with Crippen LogP contribution in [0.4, 0.5) is 10.1 Å². The maximum absolute atomic E-state index is 13.1. The van der Waals surface area contributed by atoms with Crippen molar-refractivity contribution >= 4 is 28.9 Å². The molecule has 100 valence electrons. The summed E-state index contributed by atoms with van der Waals surface area (Å²) in [7, 11) is 1.50. The van der Waals surface area contributed by atoms with Crippen LogP contribution in [0, 0.1) is 5.82 Å². The summed E-state index contributed by atoms with van der Waals surface area (Å²) >= 11 is 11.8. The Bertz CT molecular complexity index is 590. The Morgan fingerprint density at radius 3 is 2.58 bits per heavy atom. The number of rotatable bonds is 4. The summed E-state index contributed by atoms with van der Waals surface area (Å²) in [5.74, 6) is 0.122. The predicted octanol–water partition coefficient (Wildman–Crippen LogP) is 4.75. The largest absolute Gasteiger partial charge is 0.494 e. The Morgan fingerprint density at radius 1 is 1.11 bits per heavy atom.